The Balaban J connectivity index is 3.13. The van der Waals surface area contributed by atoms with E-state index in [-0.39, 0.29) is 24.3 Å². The number of rotatable bonds is 10. The van der Waals surface area contributed by atoms with Gasteiger partial charge >= 0.3 is 12.1 Å². The van der Waals surface area contributed by atoms with Crippen molar-refractivity contribution < 1.29 is 29.0 Å². The molecule has 1 aliphatic heterocycles. The second-order valence-electron chi connectivity index (χ2n) is 10.4. The lowest BCUT2D eigenvalue weighted by molar-refractivity contribution is -0.143. The number of carboxylic acid groups (broad SMARTS) is 1. The Hall–Kier alpha value is -2.58. The van der Waals surface area contributed by atoms with Crippen molar-refractivity contribution >= 4 is 23.9 Å². The van der Waals surface area contributed by atoms with Crippen LogP contribution >= 0.6 is 0 Å². The fourth-order valence-electron chi connectivity index (χ4n) is 4.37. The first-order valence-corrected chi connectivity index (χ1v) is 13.4. The molecule has 0 aromatic carbocycles. The van der Waals surface area contributed by atoms with Gasteiger partial charge < -0.3 is 25.4 Å². The topological polar surface area (TPSA) is 125 Å². The number of unbranched alkanes of at least 4 members (excludes halogenated alkanes) is 4. The van der Waals surface area contributed by atoms with Gasteiger partial charge in [0.15, 0.2) is 0 Å². The van der Waals surface area contributed by atoms with E-state index in [4.69, 9.17) is 4.74 Å². The number of amides is 3. The second kappa shape index (κ2) is 17.0. The molecule has 0 aromatic heterocycles. The smallest absolute Gasteiger partial charge is 0.408 e. The highest BCUT2D eigenvalue weighted by Gasteiger charge is 2.32. The molecule has 0 saturated carbocycles. The van der Waals surface area contributed by atoms with Gasteiger partial charge in [-0.3, -0.25) is 9.59 Å². The summed E-state index contributed by atoms with van der Waals surface area (Å²) < 4.78 is 5.72. The zero-order chi connectivity index (χ0) is 27.1. The number of ether oxygens (including phenoxy) is 1. The van der Waals surface area contributed by atoms with Crippen LogP contribution < -0.4 is 10.6 Å². The molecule has 0 spiro atoms. The maximum atomic E-state index is 13.1. The number of aliphatic carboxylic acids is 1. The van der Waals surface area contributed by atoms with Crippen molar-refractivity contribution in [1.82, 2.24) is 15.5 Å². The summed E-state index contributed by atoms with van der Waals surface area (Å²) >= 11 is 0. The SMILES string of the molecule is CCCCCCCC1CC/C=C/CC(C(=O)N(C)C)C[C@@H](C(=O)O)NC(=O)[C@H](CC(C)C)NC(=O)O1. The first-order valence-electron chi connectivity index (χ1n) is 13.4. The Morgan fingerprint density at radius 3 is 2.42 bits per heavy atom. The molecule has 4 atom stereocenters. The van der Waals surface area contributed by atoms with Crippen LogP contribution in [0.15, 0.2) is 12.2 Å². The molecule has 206 valence electrons. The number of nitrogens with one attached hydrogen (secondary N) is 2. The van der Waals surface area contributed by atoms with Crippen LogP contribution in [0, 0.1) is 11.8 Å². The molecule has 0 saturated heterocycles. The van der Waals surface area contributed by atoms with Crippen LogP contribution in [-0.4, -0.2) is 66.2 Å². The lowest BCUT2D eigenvalue weighted by Crippen LogP contribution is -2.53. The number of nitrogens with zero attached hydrogens (tertiary/aromatic N) is 1. The zero-order valence-electron chi connectivity index (χ0n) is 22.8. The van der Waals surface area contributed by atoms with Crippen LogP contribution in [0.4, 0.5) is 4.79 Å². The minimum atomic E-state index is -1.26. The van der Waals surface area contributed by atoms with Gasteiger partial charge in [-0.05, 0) is 50.9 Å². The monoisotopic (exact) mass is 509 g/mol. The van der Waals surface area contributed by atoms with E-state index in [9.17, 15) is 24.3 Å². The molecule has 0 radical (unpaired) electrons. The number of carboxylic acids is 1. The molecular weight excluding hydrogens is 462 g/mol. The van der Waals surface area contributed by atoms with Gasteiger partial charge in [0.25, 0.3) is 0 Å². The molecule has 3 amide bonds. The van der Waals surface area contributed by atoms with Gasteiger partial charge in [0, 0.05) is 20.0 Å². The lowest BCUT2D eigenvalue weighted by atomic mass is 9.94. The largest absolute Gasteiger partial charge is 0.480 e. The van der Waals surface area contributed by atoms with E-state index in [0.717, 1.165) is 32.1 Å². The highest BCUT2D eigenvalue weighted by Crippen LogP contribution is 2.19. The second-order valence-corrected chi connectivity index (χ2v) is 10.4. The number of hydrogen-bond acceptors (Lipinski definition) is 5. The van der Waals surface area contributed by atoms with E-state index in [0.29, 0.717) is 25.7 Å². The van der Waals surface area contributed by atoms with Gasteiger partial charge in [0.05, 0.1) is 0 Å². The summed E-state index contributed by atoms with van der Waals surface area (Å²) in [4.78, 5) is 52.0. The summed E-state index contributed by atoms with van der Waals surface area (Å²) in [6.45, 7) is 6.00. The van der Waals surface area contributed by atoms with Gasteiger partial charge in [-0.1, -0.05) is 58.6 Å². The number of hydrogen-bond donors (Lipinski definition) is 3. The summed E-state index contributed by atoms with van der Waals surface area (Å²) in [5.41, 5.74) is 0. The molecular formula is C27H47N3O6. The van der Waals surface area contributed by atoms with Crippen molar-refractivity contribution in [3.8, 4) is 0 Å². The zero-order valence-corrected chi connectivity index (χ0v) is 22.8. The molecule has 0 fully saturated rings. The van der Waals surface area contributed by atoms with Crippen LogP contribution in [-0.2, 0) is 19.1 Å². The minimum absolute atomic E-state index is 0.0400. The van der Waals surface area contributed by atoms with E-state index >= 15 is 0 Å². The van der Waals surface area contributed by atoms with Gasteiger partial charge in [0.2, 0.25) is 11.8 Å². The average molecular weight is 510 g/mol. The molecule has 1 aliphatic rings. The molecule has 0 bridgehead atoms. The van der Waals surface area contributed by atoms with Gasteiger partial charge in [0.1, 0.15) is 18.2 Å². The van der Waals surface area contributed by atoms with Crippen LogP contribution in [0.2, 0.25) is 0 Å². The van der Waals surface area contributed by atoms with Crippen LogP contribution in [0.5, 0.6) is 0 Å². The van der Waals surface area contributed by atoms with E-state index in [2.05, 4.69) is 17.6 Å². The summed E-state index contributed by atoms with van der Waals surface area (Å²) in [5, 5.41) is 15.0. The van der Waals surface area contributed by atoms with Crippen molar-refractivity contribution in [2.24, 2.45) is 11.8 Å². The molecule has 0 aromatic rings. The Labute approximate surface area is 216 Å². The summed E-state index contributed by atoms with van der Waals surface area (Å²) in [6.07, 6.45) is 11.1. The Morgan fingerprint density at radius 1 is 1.11 bits per heavy atom. The van der Waals surface area contributed by atoms with E-state index in [1.807, 2.05) is 26.0 Å². The first-order chi connectivity index (χ1) is 17.0. The average Bonchev–Trinajstić information content (AvgIpc) is 2.80. The molecule has 2 unspecified atom stereocenters. The maximum absolute atomic E-state index is 13.1. The maximum Gasteiger partial charge on any atom is 0.408 e. The van der Waals surface area contributed by atoms with Crippen molar-refractivity contribution in [3.05, 3.63) is 12.2 Å². The highest BCUT2D eigenvalue weighted by atomic mass is 16.6. The lowest BCUT2D eigenvalue weighted by Gasteiger charge is -2.26. The molecule has 36 heavy (non-hydrogen) atoms. The molecule has 0 aliphatic carbocycles. The molecule has 1 rings (SSSR count). The van der Waals surface area contributed by atoms with Crippen LogP contribution in [0.1, 0.15) is 91.4 Å². The third kappa shape index (κ3) is 12.4. The Bertz CT molecular complexity index is 737. The number of allylic oxidation sites excluding steroid dienone is 2. The molecule has 9 heteroatoms. The fourth-order valence-corrected chi connectivity index (χ4v) is 4.37. The van der Waals surface area contributed by atoms with Gasteiger partial charge in [-0.15, -0.1) is 0 Å². The number of carbonyl (C=O) groups excluding carboxylic acids is 3. The molecule has 1 heterocycles. The van der Waals surface area contributed by atoms with E-state index in [1.54, 1.807) is 14.1 Å². The Morgan fingerprint density at radius 2 is 1.81 bits per heavy atom. The van der Waals surface area contributed by atoms with Gasteiger partial charge in [-0.2, -0.15) is 0 Å². The van der Waals surface area contributed by atoms with Crippen molar-refractivity contribution in [3.63, 3.8) is 0 Å². The predicted molar refractivity (Wildman–Crippen MR) is 139 cm³/mol. The number of cyclic esters (lactones) is 1. The van der Waals surface area contributed by atoms with Crippen LogP contribution in [0.25, 0.3) is 0 Å². The predicted octanol–water partition coefficient (Wildman–Crippen LogP) is 4.26. The third-order valence-corrected chi connectivity index (χ3v) is 6.39. The molecule has 3 N–H and O–H groups in total. The fraction of sp³-hybridized carbons (Fsp3) is 0.778. The van der Waals surface area contributed by atoms with Crippen molar-refractivity contribution in [1.29, 1.82) is 0 Å². The summed E-state index contributed by atoms with van der Waals surface area (Å²) in [7, 11) is 3.26. The highest BCUT2D eigenvalue weighted by molar-refractivity contribution is 5.89. The number of alkyl carbamates (subject to hydrolysis) is 1. The van der Waals surface area contributed by atoms with Crippen molar-refractivity contribution in [2.45, 2.75) is 110 Å². The van der Waals surface area contributed by atoms with Crippen molar-refractivity contribution in [2.75, 3.05) is 14.1 Å². The minimum Gasteiger partial charge on any atom is -0.480 e. The third-order valence-electron chi connectivity index (χ3n) is 6.39. The van der Waals surface area contributed by atoms with Crippen LogP contribution in [0.3, 0.4) is 0 Å². The first kappa shape index (κ1) is 31.4. The van der Waals surface area contributed by atoms with E-state index < -0.39 is 36.0 Å². The summed E-state index contributed by atoms with van der Waals surface area (Å²) in [6, 6.07) is -2.19. The van der Waals surface area contributed by atoms with Gasteiger partial charge in [-0.25, -0.2) is 9.59 Å². The normalized spacial score (nSPS) is 25.1. The number of carbonyl (C=O) groups is 4. The quantitative estimate of drug-likeness (QED) is 0.298. The summed E-state index contributed by atoms with van der Waals surface area (Å²) in [5.74, 6) is -2.52. The van der Waals surface area contributed by atoms with E-state index in [1.165, 1.54) is 11.3 Å². The standard InChI is InChI=1S/C27H47N3O6/c1-6-7-8-9-12-15-21-16-13-10-11-14-20(25(32)30(4)5)18-23(26(33)34)28-24(31)22(17-19(2)3)29-27(35)36-21/h10-11,19-23H,6-9,12-18H2,1-5H3,(H,28,31)(H,29,35)(H,33,34)/b11-10+/t20?,21?,22-,23-/m0/s1. The molecule has 9 nitrogen and oxygen atoms in total. The Kier molecular flexibility index (Phi) is 14.8.